The number of H-pyrrole nitrogens is 1. The molecule has 0 aliphatic rings. The summed E-state index contributed by atoms with van der Waals surface area (Å²) in [6.07, 6.45) is 1.01. The fourth-order valence-corrected chi connectivity index (χ4v) is 2.17. The van der Waals surface area contributed by atoms with Crippen LogP contribution in [-0.2, 0) is 6.54 Å². The van der Waals surface area contributed by atoms with Crippen molar-refractivity contribution < 1.29 is 4.74 Å². The molecule has 1 heterocycles. The highest BCUT2D eigenvalue weighted by molar-refractivity contribution is 7.71. The fraction of sp³-hybridized carbons (Fsp3) is 0.385. The molecule has 2 aromatic rings. The van der Waals surface area contributed by atoms with Crippen LogP contribution in [0.2, 0.25) is 0 Å². The van der Waals surface area contributed by atoms with Gasteiger partial charge in [0, 0.05) is 6.54 Å². The molecule has 18 heavy (non-hydrogen) atoms. The smallest absolute Gasteiger partial charge is 0.195 e. The average molecular weight is 263 g/mol. The van der Waals surface area contributed by atoms with Gasteiger partial charge in [0.25, 0.3) is 0 Å². The van der Waals surface area contributed by atoms with Gasteiger partial charge < -0.3 is 9.30 Å². The van der Waals surface area contributed by atoms with Crippen LogP contribution in [0.5, 0.6) is 5.75 Å². The average Bonchev–Trinajstić information content (AvgIpc) is 2.72. The molecule has 0 aliphatic carbocycles. The Morgan fingerprint density at radius 3 is 2.89 bits per heavy atom. The number of aryl methyl sites for hydroxylation is 1. The number of aromatic amines is 1. The van der Waals surface area contributed by atoms with Gasteiger partial charge in [-0.2, -0.15) is 5.10 Å². The lowest BCUT2D eigenvalue weighted by atomic mass is 10.1. The maximum absolute atomic E-state index is 5.40. The quantitative estimate of drug-likeness (QED) is 0.860. The first-order valence-corrected chi connectivity index (χ1v) is 6.38. The van der Waals surface area contributed by atoms with E-state index in [1.54, 1.807) is 7.11 Å². The second-order valence-electron chi connectivity index (χ2n) is 4.21. The number of hydrogen-bond donors (Lipinski definition) is 1. The summed E-state index contributed by atoms with van der Waals surface area (Å²) in [5, 5.41) is 7.17. The van der Waals surface area contributed by atoms with Crippen molar-refractivity contribution >= 4 is 12.2 Å². The second-order valence-corrected chi connectivity index (χ2v) is 4.59. The molecule has 5 heteroatoms. The number of aromatic nitrogens is 3. The highest BCUT2D eigenvalue weighted by atomic mass is 32.1. The van der Waals surface area contributed by atoms with Gasteiger partial charge in [-0.15, -0.1) is 0 Å². The molecule has 0 spiro atoms. The van der Waals surface area contributed by atoms with Crippen LogP contribution in [0, 0.1) is 11.7 Å². The molecule has 0 saturated carbocycles. The van der Waals surface area contributed by atoms with Crippen molar-refractivity contribution in [3.05, 3.63) is 28.5 Å². The molecule has 0 bridgehead atoms. The Hall–Kier alpha value is -1.62. The van der Waals surface area contributed by atoms with E-state index >= 15 is 0 Å². The van der Waals surface area contributed by atoms with Gasteiger partial charge in [0.05, 0.1) is 12.7 Å². The Labute approximate surface area is 112 Å². The normalized spacial score (nSPS) is 10.6. The summed E-state index contributed by atoms with van der Waals surface area (Å²) in [5.74, 6) is 1.65. The van der Waals surface area contributed by atoms with E-state index < -0.39 is 0 Å². The first-order valence-electron chi connectivity index (χ1n) is 5.97. The first-order chi connectivity index (χ1) is 8.67. The molecule has 2 rings (SSSR count). The van der Waals surface area contributed by atoms with Crippen LogP contribution in [-0.4, -0.2) is 21.9 Å². The zero-order valence-electron chi connectivity index (χ0n) is 10.9. The molecule has 1 aromatic carbocycles. The summed E-state index contributed by atoms with van der Waals surface area (Å²) in [4.78, 5) is 0. The Kier molecular flexibility index (Phi) is 3.81. The van der Waals surface area contributed by atoms with Crippen molar-refractivity contribution in [1.29, 1.82) is 0 Å². The second kappa shape index (κ2) is 5.35. The van der Waals surface area contributed by atoms with Crippen LogP contribution < -0.4 is 4.74 Å². The number of ether oxygens (including phenoxy) is 1. The highest BCUT2D eigenvalue weighted by Crippen LogP contribution is 2.29. The SMILES string of the molecule is CCCn1c(-c2cc(C)ccc2OC)n[nH]c1=S. The van der Waals surface area contributed by atoms with Gasteiger partial charge in [-0.3, -0.25) is 5.10 Å². The summed E-state index contributed by atoms with van der Waals surface area (Å²) in [7, 11) is 1.67. The number of nitrogens with zero attached hydrogens (tertiary/aromatic N) is 2. The monoisotopic (exact) mass is 263 g/mol. The predicted molar refractivity (Wildman–Crippen MR) is 74.4 cm³/mol. The third kappa shape index (κ3) is 2.31. The molecular formula is C13H17N3OS. The number of methoxy groups -OCH3 is 1. The minimum atomic E-state index is 0.649. The van der Waals surface area contributed by atoms with Crippen LogP contribution in [0.4, 0.5) is 0 Å². The first kappa shape index (κ1) is 12.8. The van der Waals surface area contributed by atoms with E-state index in [9.17, 15) is 0 Å². The lowest BCUT2D eigenvalue weighted by Crippen LogP contribution is -2.01. The molecule has 0 aliphatic heterocycles. The van der Waals surface area contributed by atoms with E-state index in [1.807, 2.05) is 23.6 Å². The lowest BCUT2D eigenvalue weighted by molar-refractivity contribution is 0.415. The van der Waals surface area contributed by atoms with Gasteiger partial charge >= 0.3 is 0 Å². The number of nitrogens with one attached hydrogen (secondary N) is 1. The fourth-order valence-electron chi connectivity index (χ4n) is 1.95. The lowest BCUT2D eigenvalue weighted by Gasteiger charge is -2.10. The van der Waals surface area contributed by atoms with Crippen LogP contribution in [0.1, 0.15) is 18.9 Å². The zero-order valence-corrected chi connectivity index (χ0v) is 11.7. The molecule has 0 fully saturated rings. The van der Waals surface area contributed by atoms with Crippen LogP contribution in [0.3, 0.4) is 0 Å². The van der Waals surface area contributed by atoms with E-state index in [4.69, 9.17) is 17.0 Å². The Morgan fingerprint density at radius 2 is 2.22 bits per heavy atom. The van der Waals surface area contributed by atoms with Crippen molar-refractivity contribution in [3.63, 3.8) is 0 Å². The van der Waals surface area contributed by atoms with E-state index in [0.717, 1.165) is 30.1 Å². The van der Waals surface area contributed by atoms with Crippen LogP contribution in [0.25, 0.3) is 11.4 Å². The third-order valence-corrected chi connectivity index (χ3v) is 3.11. The molecule has 0 amide bonds. The largest absolute Gasteiger partial charge is 0.496 e. The van der Waals surface area contributed by atoms with Gasteiger partial charge in [-0.05, 0) is 37.7 Å². The van der Waals surface area contributed by atoms with E-state index in [0.29, 0.717) is 4.77 Å². The van der Waals surface area contributed by atoms with Gasteiger partial charge in [0.2, 0.25) is 0 Å². The third-order valence-electron chi connectivity index (χ3n) is 2.80. The van der Waals surface area contributed by atoms with Crippen molar-refractivity contribution in [2.24, 2.45) is 0 Å². The molecule has 0 atom stereocenters. The maximum atomic E-state index is 5.40. The molecule has 0 radical (unpaired) electrons. The van der Waals surface area contributed by atoms with Gasteiger partial charge in [0.15, 0.2) is 10.6 Å². The summed E-state index contributed by atoms with van der Waals surface area (Å²) < 4.78 is 8.05. The van der Waals surface area contributed by atoms with E-state index in [1.165, 1.54) is 5.56 Å². The molecule has 0 saturated heterocycles. The van der Waals surface area contributed by atoms with Crippen LogP contribution >= 0.6 is 12.2 Å². The van der Waals surface area contributed by atoms with Crippen molar-refractivity contribution in [1.82, 2.24) is 14.8 Å². The van der Waals surface area contributed by atoms with Gasteiger partial charge in [0.1, 0.15) is 5.75 Å². The summed E-state index contributed by atoms with van der Waals surface area (Å²) in [6.45, 7) is 5.02. The maximum Gasteiger partial charge on any atom is 0.195 e. The van der Waals surface area contributed by atoms with Crippen LogP contribution in [0.15, 0.2) is 18.2 Å². The number of rotatable bonds is 4. The molecule has 4 nitrogen and oxygen atoms in total. The minimum absolute atomic E-state index is 0.649. The van der Waals surface area contributed by atoms with E-state index in [-0.39, 0.29) is 0 Å². The van der Waals surface area contributed by atoms with Crippen molar-refractivity contribution in [2.75, 3.05) is 7.11 Å². The zero-order chi connectivity index (χ0) is 13.1. The predicted octanol–water partition coefficient (Wildman–Crippen LogP) is 3.33. The van der Waals surface area contributed by atoms with Gasteiger partial charge in [-0.25, -0.2) is 0 Å². The van der Waals surface area contributed by atoms with Crippen molar-refractivity contribution in [3.8, 4) is 17.1 Å². The molecule has 1 N–H and O–H groups in total. The molecular weight excluding hydrogens is 246 g/mol. The highest BCUT2D eigenvalue weighted by Gasteiger charge is 2.13. The minimum Gasteiger partial charge on any atom is -0.496 e. The molecule has 0 unspecified atom stereocenters. The summed E-state index contributed by atoms with van der Waals surface area (Å²) >= 11 is 5.25. The topological polar surface area (TPSA) is 42.8 Å². The Balaban J connectivity index is 2.61. The molecule has 96 valence electrons. The van der Waals surface area contributed by atoms with Gasteiger partial charge in [-0.1, -0.05) is 18.6 Å². The standard InChI is InChI=1S/C13H17N3OS/c1-4-7-16-12(14-15-13(16)18)10-8-9(2)5-6-11(10)17-3/h5-6,8H,4,7H2,1-3H3,(H,15,18). The van der Waals surface area contributed by atoms with Crippen molar-refractivity contribution in [2.45, 2.75) is 26.8 Å². The summed E-state index contributed by atoms with van der Waals surface area (Å²) in [5.41, 5.74) is 2.14. The number of hydrogen-bond acceptors (Lipinski definition) is 3. The number of benzene rings is 1. The summed E-state index contributed by atoms with van der Waals surface area (Å²) in [6, 6.07) is 6.04. The molecule has 1 aromatic heterocycles. The Bertz CT molecular complexity index is 601. The van der Waals surface area contributed by atoms with E-state index in [2.05, 4.69) is 23.2 Å². The Morgan fingerprint density at radius 1 is 1.44 bits per heavy atom.